The summed E-state index contributed by atoms with van der Waals surface area (Å²) in [6, 6.07) is 0.525. The smallest absolute Gasteiger partial charge is 0.0833 e. The Morgan fingerprint density at radius 1 is 1.53 bits per heavy atom. The minimum absolute atomic E-state index is 0.196. The van der Waals surface area contributed by atoms with Crippen LogP contribution in [0.3, 0.4) is 0 Å². The van der Waals surface area contributed by atoms with Gasteiger partial charge >= 0.3 is 0 Å². The number of hydrogen-bond acceptors (Lipinski definition) is 4. The molecule has 0 aromatic heterocycles. The first-order valence-electron chi connectivity index (χ1n) is 6.64. The summed E-state index contributed by atoms with van der Waals surface area (Å²) in [5.74, 6) is 0.786. The highest BCUT2D eigenvalue weighted by Crippen LogP contribution is 2.42. The van der Waals surface area contributed by atoms with E-state index in [0.717, 1.165) is 25.2 Å². The molecule has 1 heterocycles. The van der Waals surface area contributed by atoms with Crippen LogP contribution in [-0.4, -0.2) is 47.5 Å². The number of nitrogens with one attached hydrogen (secondary N) is 1. The third-order valence-corrected chi connectivity index (χ3v) is 4.90. The highest BCUT2D eigenvalue weighted by atomic mass is 32.2. The zero-order chi connectivity index (χ0) is 12.4. The fraction of sp³-hybridized carbons (Fsp3) is 1.00. The second-order valence-corrected chi connectivity index (χ2v) is 6.75. The topological polar surface area (TPSA) is 41.5 Å². The van der Waals surface area contributed by atoms with E-state index in [1.807, 2.05) is 13.2 Å². The van der Waals surface area contributed by atoms with Gasteiger partial charge in [0.05, 0.1) is 11.2 Å². The average Bonchev–Trinajstić information content (AvgIpc) is 2.25. The van der Waals surface area contributed by atoms with Crippen molar-refractivity contribution < 1.29 is 9.84 Å². The van der Waals surface area contributed by atoms with Crippen LogP contribution >= 0.6 is 11.8 Å². The quantitative estimate of drug-likeness (QED) is 0.790. The normalized spacial score (nSPS) is 30.9. The fourth-order valence-corrected chi connectivity index (χ4v) is 3.57. The van der Waals surface area contributed by atoms with Crippen LogP contribution in [0.1, 0.15) is 39.0 Å². The van der Waals surface area contributed by atoms with Crippen molar-refractivity contribution in [2.75, 3.05) is 25.2 Å². The largest absolute Gasteiger partial charge is 0.388 e. The van der Waals surface area contributed by atoms with Crippen molar-refractivity contribution in [3.63, 3.8) is 0 Å². The van der Waals surface area contributed by atoms with E-state index in [1.54, 1.807) is 11.8 Å². The Morgan fingerprint density at radius 3 is 2.88 bits per heavy atom. The zero-order valence-corrected chi connectivity index (χ0v) is 11.8. The van der Waals surface area contributed by atoms with Gasteiger partial charge in [-0.2, -0.15) is 11.8 Å². The van der Waals surface area contributed by atoms with Crippen molar-refractivity contribution >= 4 is 11.8 Å². The third-order valence-electron chi connectivity index (χ3n) is 3.98. The average molecular weight is 259 g/mol. The van der Waals surface area contributed by atoms with E-state index in [9.17, 15) is 5.11 Å². The first kappa shape index (κ1) is 13.7. The second kappa shape index (κ2) is 5.47. The Hall–Kier alpha value is 0.230. The molecule has 2 N–H and O–H groups in total. The molecule has 0 amide bonds. The molecule has 1 aliphatic heterocycles. The molecule has 3 nitrogen and oxygen atoms in total. The molecule has 1 aliphatic carbocycles. The molecule has 0 radical (unpaired) electrons. The van der Waals surface area contributed by atoms with E-state index >= 15 is 0 Å². The van der Waals surface area contributed by atoms with Gasteiger partial charge in [-0.3, -0.25) is 0 Å². The summed E-state index contributed by atoms with van der Waals surface area (Å²) in [7, 11) is 0. The van der Waals surface area contributed by atoms with Crippen molar-refractivity contribution in [3.05, 3.63) is 0 Å². The van der Waals surface area contributed by atoms with E-state index < -0.39 is 5.60 Å². The summed E-state index contributed by atoms with van der Waals surface area (Å²) in [6.07, 6.45) is 8.02. The molecule has 1 spiro atoms. The molecule has 17 heavy (non-hydrogen) atoms. The molecule has 2 aliphatic rings. The fourth-order valence-electron chi connectivity index (χ4n) is 2.85. The Balaban J connectivity index is 1.75. The molecular weight excluding hydrogens is 234 g/mol. The van der Waals surface area contributed by atoms with Gasteiger partial charge in [-0.05, 0) is 45.3 Å². The summed E-state index contributed by atoms with van der Waals surface area (Å²) in [4.78, 5) is 0. The van der Waals surface area contributed by atoms with Crippen molar-refractivity contribution in [1.82, 2.24) is 5.32 Å². The van der Waals surface area contributed by atoms with E-state index in [0.29, 0.717) is 12.6 Å². The van der Waals surface area contributed by atoms with E-state index in [2.05, 4.69) is 5.32 Å². The highest BCUT2D eigenvalue weighted by molar-refractivity contribution is 7.98. The lowest BCUT2D eigenvalue weighted by Gasteiger charge is -2.47. The minimum atomic E-state index is -0.593. The molecule has 0 aromatic rings. The number of aliphatic hydroxyl groups is 1. The third kappa shape index (κ3) is 3.60. The zero-order valence-electron chi connectivity index (χ0n) is 11.0. The minimum Gasteiger partial charge on any atom is -0.388 e. The maximum Gasteiger partial charge on any atom is 0.0833 e. The SMILES string of the molecule is CSCC(C)(O)CNC1CCOC2(CCC2)C1. The Morgan fingerprint density at radius 2 is 2.29 bits per heavy atom. The van der Waals surface area contributed by atoms with Crippen molar-refractivity contribution in [3.8, 4) is 0 Å². The van der Waals surface area contributed by atoms with E-state index in [-0.39, 0.29) is 5.60 Å². The van der Waals surface area contributed by atoms with Gasteiger partial charge in [0.25, 0.3) is 0 Å². The van der Waals surface area contributed by atoms with Gasteiger partial charge < -0.3 is 15.2 Å². The van der Waals surface area contributed by atoms with Gasteiger partial charge in [-0.1, -0.05) is 0 Å². The summed E-state index contributed by atoms with van der Waals surface area (Å²) < 4.78 is 5.90. The molecule has 1 saturated carbocycles. The van der Waals surface area contributed by atoms with E-state index in [1.165, 1.54) is 19.3 Å². The molecule has 0 bridgehead atoms. The highest BCUT2D eigenvalue weighted by Gasteiger charge is 2.42. The summed E-state index contributed by atoms with van der Waals surface area (Å²) in [5.41, 5.74) is -0.397. The Kier molecular flexibility index (Phi) is 4.40. The van der Waals surface area contributed by atoms with Crippen LogP contribution in [0.5, 0.6) is 0 Å². The van der Waals surface area contributed by atoms with E-state index in [4.69, 9.17) is 4.74 Å². The standard InChI is InChI=1S/C13H25NO2S/c1-12(15,10-17-2)9-14-11-4-7-16-13(8-11)5-3-6-13/h11,14-15H,3-10H2,1-2H3. The van der Waals surface area contributed by atoms with Crippen LogP contribution in [0.25, 0.3) is 0 Å². The lowest BCUT2D eigenvalue weighted by atomic mass is 9.74. The maximum atomic E-state index is 10.1. The molecule has 1 saturated heterocycles. The van der Waals surface area contributed by atoms with Gasteiger partial charge in [0, 0.05) is 24.9 Å². The summed E-state index contributed by atoms with van der Waals surface area (Å²) >= 11 is 1.70. The monoisotopic (exact) mass is 259 g/mol. The molecular formula is C13H25NO2S. The molecule has 2 unspecified atom stereocenters. The van der Waals surface area contributed by atoms with Gasteiger partial charge in [-0.15, -0.1) is 0 Å². The van der Waals surface area contributed by atoms with Gasteiger partial charge in [0.2, 0.25) is 0 Å². The van der Waals surface area contributed by atoms with Gasteiger partial charge in [0.1, 0.15) is 0 Å². The summed E-state index contributed by atoms with van der Waals surface area (Å²) in [5, 5.41) is 13.7. The van der Waals surface area contributed by atoms with Crippen molar-refractivity contribution in [2.45, 2.75) is 56.3 Å². The lowest BCUT2D eigenvalue weighted by Crippen LogP contribution is -2.53. The van der Waals surface area contributed by atoms with Crippen LogP contribution in [0.2, 0.25) is 0 Å². The van der Waals surface area contributed by atoms with Crippen molar-refractivity contribution in [1.29, 1.82) is 0 Å². The molecule has 100 valence electrons. The van der Waals surface area contributed by atoms with Crippen LogP contribution in [0.15, 0.2) is 0 Å². The Bertz CT molecular complexity index is 254. The first-order chi connectivity index (χ1) is 8.05. The van der Waals surface area contributed by atoms with Crippen LogP contribution in [0, 0.1) is 0 Å². The number of thioether (sulfide) groups is 1. The van der Waals surface area contributed by atoms with Crippen LogP contribution < -0.4 is 5.32 Å². The molecule has 0 aromatic carbocycles. The molecule has 4 heteroatoms. The number of hydrogen-bond donors (Lipinski definition) is 2. The summed E-state index contributed by atoms with van der Waals surface area (Å²) in [6.45, 7) is 3.48. The van der Waals surface area contributed by atoms with Crippen LogP contribution in [-0.2, 0) is 4.74 Å². The molecule has 2 rings (SSSR count). The lowest BCUT2D eigenvalue weighted by molar-refractivity contribution is -0.136. The van der Waals surface area contributed by atoms with Crippen molar-refractivity contribution in [2.24, 2.45) is 0 Å². The van der Waals surface area contributed by atoms with Gasteiger partial charge in [-0.25, -0.2) is 0 Å². The maximum absolute atomic E-state index is 10.1. The predicted octanol–water partition coefficient (Wildman–Crippen LogP) is 1.79. The second-order valence-electron chi connectivity index (χ2n) is 5.89. The molecule has 2 fully saturated rings. The number of ether oxygens (including phenoxy) is 1. The Labute approximate surface area is 109 Å². The van der Waals surface area contributed by atoms with Gasteiger partial charge in [0.15, 0.2) is 0 Å². The first-order valence-corrected chi connectivity index (χ1v) is 8.03. The van der Waals surface area contributed by atoms with Crippen LogP contribution in [0.4, 0.5) is 0 Å². The molecule has 2 atom stereocenters. The predicted molar refractivity (Wildman–Crippen MR) is 72.6 cm³/mol. The number of rotatable bonds is 5.